The lowest BCUT2D eigenvalue weighted by Gasteiger charge is -2.16. The smallest absolute Gasteiger partial charge is 0.227 e. The van der Waals surface area contributed by atoms with E-state index in [-0.39, 0.29) is 17.6 Å². The lowest BCUT2D eigenvalue weighted by molar-refractivity contribution is -0.116. The van der Waals surface area contributed by atoms with Crippen LogP contribution in [0.3, 0.4) is 0 Å². The van der Waals surface area contributed by atoms with Crippen molar-refractivity contribution in [2.45, 2.75) is 51.2 Å². The minimum atomic E-state index is -0.236. The molecule has 2 heterocycles. The number of aryl methyl sites for hydroxylation is 1. The van der Waals surface area contributed by atoms with Crippen molar-refractivity contribution in [2.24, 2.45) is 0 Å². The number of halogens is 1. The highest BCUT2D eigenvalue weighted by molar-refractivity contribution is 5.92. The van der Waals surface area contributed by atoms with Crippen LogP contribution in [0.25, 0.3) is 11.1 Å². The lowest BCUT2D eigenvalue weighted by atomic mass is 9.92. The van der Waals surface area contributed by atoms with Crippen molar-refractivity contribution in [1.29, 1.82) is 0 Å². The lowest BCUT2D eigenvalue weighted by Crippen LogP contribution is -2.25. The molecule has 1 aromatic heterocycles. The van der Waals surface area contributed by atoms with Gasteiger partial charge in [-0.3, -0.25) is 4.79 Å². The number of hydrogen-bond acceptors (Lipinski definition) is 3. The normalized spacial score (nSPS) is 16.8. The number of anilines is 1. The van der Waals surface area contributed by atoms with Gasteiger partial charge in [-0.25, -0.2) is 9.07 Å². The molecule has 0 saturated heterocycles. The Kier molecular flexibility index (Phi) is 4.87. The molecule has 1 atom stereocenters. The predicted octanol–water partition coefficient (Wildman–Crippen LogP) is 4.44. The van der Waals surface area contributed by atoms with Gasteiger partial charge in [-0.05, 0) is 30.0 Å². The highest BCUT2D eigenvalue weighted by atomic mass is 19.1. The van der Waals surface area contributed by atoms with Crippen LogP contribution in [0, 0.1) is 5.82 Å². The van der Waals surface area contributed by atoms with Crippen molar-refractivity contribution >= 4 is 11.7 Å². The number of nitrogens with one attached hydrogen (secondary N) is 2. The summed E-state index contributed by atoms with van der Waals surface area (Å²) in [4.78, 5) is 12.0. The molecule has 5 nitrogen and oxygen atoms in total. The van der Waals surface area contributed by atoms with Crippen molar-refractivity contribution in [3.8, 4) is 11.1 Å². The van der Waals surface area contributed by atoms with E-state index in [2.05, 4.69) is 10.6 Å². The number of nitrogens with zero attached hydrogens (tertiary/aromatic N) is 2. The Labute approximate surface area is 175 Å². The van der Waals surface area contributed by atoms with Gasteiger partial charge < -0.3 is 10.6 Å². The van der Waals surface area contributed by atoms with E-state index < -0.39 is 0 Å². The average molecular weight is 404 g/mol. The van der Waals surface area contributed by atoms with Gasteiger partial charge >= 0.3 is 0 Å². The van der Waals surface area contributed by atoms with E-state index in [0.717, 1.165) is 28.2 Å². The maximum absolute atomic E-state index is 15.0. The molecule has 1 saturated carbocycles. The summed E-state index contributed by atoms with van der Waals surface area (Å²) in [5.74, 6) is 0.478. The summed E-state index contributed by atoms with van der Waals surface area (Å²) >= 11 is 0. The number of amides is 1. The Morgan fingerprint density at radius 3 is 2.77 bits per heavy atom. The van der Waals surface area contributed by atoms with Gasteiger partial charge in [-0.1, -0.05) is 49.4 Å². The zero-order chi connectivity index (χ0) is 20.7. The van der Waals surface area contributed by atoms with Crippen LogP contribution >= 0.6 is 0 Å². The van der Waals surface area contributed by atoms with E-state index in [4.69, 9.17) is 5.10 Å². The molecule has 1 aliphatic heterocycles. The Balaban J connectivity index is 1.49. The molecule has 6 heteroatoms. The number of carbonyl (C=O) groups excluding carboxylic acids is 1. The van der Waals surface area contributed by atoms with Gasteiger partial charge in [-0.15, -0.1) is 0 Å². The highest BCUT2D eigenvalue weighted by Gasteiger charge is 2.29. The molecule has 1 fully saturated rings. The van der Waals surface area contributed by atoms with Gasteiger partial charge in [0, 0.05) is 36.1 Å². The number of hydrogen-bond donors (Lipinski definition) is 2. The van der Waals surface area contributed by atoms with Crippen molar-refractivity contribution in [3.63, 3.8) is 0 Å². The molecule has 3 aromatic rings. The number of benzene rings is 2. The zero-order valence-electron chi connectivity index (χ0n) is 17.0. The fraction of sp³-hybridized carbons (Fsp3) is 0.333. The zero-order valence-corrected chi connectivity index (χ0v) is 17.0. The van der Waals surface area contributed by atoms with Crippen molar-refractivity contribution in [3.05, 3.63) is 71.2 Å². The van der Waals surface area contributed by atoms with Gasteiger partial charge in [0.05, 0.1) is 12.2 Å². The van der Waals surface area contributed by atoms with Crippen molar-refractivity contribution in [2.75, 3.05) is 5.32 Å². The maximum Gasteiger partial charge on any atom is 0.227 e. The van der Waals surface area contributed by atoms with Gasteiger partial charge in [0.15, 0.2) is 0 Å². The van der Waals surface area contributed by atoms with Crippen LogP contribution in [-0.4, -0.2) is 21.7 Å². The monoisotopic (exact) mass is 404 g/mol. The molecule has 30 heavy (non-hydrogen) atoms. The number of carbonyl (C=O) groups is 1. The third kappa shape index (κ3) is 3.63. The molecular weight excluding hydrogens is 379 g/mol. The minimum Gasteiger partial charge on any atom is -0.311 e. The molecule has 2 aliphatic rings. The predicted molar refractivity (Wildman–Crippen MR) is 115 cm³/mol. The molecule has 1 aliphatic carbocycles. The summed E-state index contributed by atoms with van der Waals surface area (Å²) in [6, 6.07) is 15.6. The molecule has 1 unspecified atom stereocenters. The van der Waals surface area contributed by atoms with Crippen LogP contribution < -0.4 is 10.6 Å². The standard InChI is InChI=1S/C24H25FN4O/c1-15(17-7-10-19(21(25)13-17)16-5-3-2-4-6-16)23-20(14-26-18-8-9-18)24-27-22(30)11-12-29(24)28-23/h2-7,10,13,15,18,26H,8-9,11-12,14H2,1H3,(H,27,30). The summed E-state index contributed by atoms with van der Waals surface area (Å²) in [6.07, 6.45) is 2.80. The maximum atomic E-state index is 15.0. The Morgan fingerprint density at radius 1 is 1.23 bits per heavy atom. The molecule has 154 valence electrons. The first-order valence-corrected chi connectivity index (χ1v) is 10.6. The molecule has 5 rings (SSSR count). The van der Waals surface area contributed by atoms with Gasteiger partial charge in [0.2, 0.25) is 5.91 Å². The Morgan fingerprint density at radius 2 is 2.03 bits per heavy atom. The quantitative estimate of drug-likeness (QED) is 0.639. The minimum absolute atomic E-state index is 0.0209. The fourth-order valence-corrected chi connectivity index (χ4v) is 4.09. The third-order valence-electron chi connectivity index (χ3n) is 6.02. The molecule has 2 aromatic carbocycles. The summed E-state index contributed by atoms with van der Waals surface area (Å²) < 4.78 is 16.8. The first-order chi connectivity index (χ1) is 14.6. The molecule has 0 radical (unpaired) electrons. The Bertz CT molecular complexity index is 1090. The van der Waals surface area contributed by atoms with E-state index >= 15 is 0 Å². The van der Waals surface area contributed by atoms with Crippen LogP contribution in [0.5, 0.6) is 0 Å². The summed E-state index contributed by atoms with van der Waals surface area (Å²) in [5, 5.41) is 11.3. The van der Waals surface area contributed by atoms with E-state index in [0.29, 0.717) is 31.1 Å². The van der Waals surface area contributed by atoms with Gasteiger partial charge in [-0.2, -0.15) is 5.10 Å². The van der Waals surface area contributed by atoms with Crippen molar-refractivity contribution in [1.82, 2.24) is 15.1 Å². The van der Waals surface area contributed by atoms with Crippen molar-refractivity contribution < 1.29 is 9.18 Å². The van der Waals surface area contributed by atoms with Crippen LogP contribution in [0.15, 0.2) is 48.5 Å². The largest absolute Gasteiger partial charge is 0.311 e. The second kappa shape index (κ2) is 7.69. The molecule has 2 N–H and O–H groups in total. The summed E-state index contributed by atoms with van der Waals surface area (Å²) in [5.41, 5.74) is 4.24. The van der Waals surface area contributed by atoms with Gasteiger partial charge in [0.1, 0.15) is 11.6 Å². The van der Waals surface area contributed by atoms with Gasteiger partial charge in [0.25, 0.3) is 0 Å². The fourth-order valence-electron chi connectivity index (χ4n) is 4.09. The molecule has 0 bridgehead atoms. The number of aromatic nitrogens is 2. The average Bonchev–Trinajstić information content (AvgIpc) is 3.52. The highest BCUT2D eigenvalue weighted by Crippen LogP contribution is 2.34. The van der Waals surface area contributed by atoms with Crippen LogP contribution in [-0.2, 0) is 17.9 Å². The van der Waals surface area contributed by atoms with E-state index in [1.54, 1.807) is 6.07 Å². The first kappa shape index (κ1) is 19.0. The van der Waals surface area contributed by atoms with Crippen LogP contribution in [0.2, 0.25) is 0 Å². The van der Waals surface area contributed by atoms with E-state index in [1.807, 2.05) is 54.1 Å². The van der Waals surface area contributed by atoms with Crippen LogP contribution in [0.1, 0.15) is 48.9 Å². The number of rotatable bonds is 6. The molecule has 1 amide bonds. The Hall–Kier alpha value is -2.99. The van der Waals surface area contributed by atoms with Crippen LogP contribution in [0.4, 0.5) is 10.2 Å². The second-order valence-corrected chi connectivity index (χ2v) is 8.22. The molecule has 0 spiro atoms. The van der Waals surface area contributed by atoms with E-state index in [9.17, 15) is 9.18 Å². The summed E-state index contributed by atoms with van der Waals surface area (Å²) in [7, 11) is 0. The topological polar surface area (TPSA) is 59.0 Å². The second-order valence-electron chi connectivity index (χ2n) is 8.22. The third-order valence-corrected chi connectivity index (χ3v) is 6.02. The molecular formula is C24H25FN4O. The first-order valence-electron chi connectivity index (χ1n) is 10.6. The number of fused-ring (bicyclic) bond motifs is 1. The SMILES string of the molecule is CC(c1ccc(-c2ccccc2)c(F)c1)c1nn2c(c1CNC1CC1)NC(=O)CC2. The van der Waals surface area contributed by atoms with E-state index in [1.165, 1.54) is 12.8 Å². The summed E-state index contributed by atoms with van der Waals surface area (Å²) in [6.45, 7) is 3.28.